The van der Waals surface area contributed by atoms with Gasteiger partial charge in [-0.15, -0.1) is 11.3 Å². The Morgan fingerprint density at radius 3 is 2.56 bits per heavy atom. The summed E-state index contributed by atoms with van der Waals surface area (Å²) in [6.07, 6.45) is 1.42. The van der Waals surface area contributed by atoms with Gasteiger partial charge in [0.25, 0.3) is 5.91 Å². The third kappa shape index (κ3) is 5.82. The molecule has 0 bridgehead atoms. The standard InChI is InChI=1S/C34H33FN4O3S/c1-22-8-5-10-27(35)26(22)21-30(41)31-20-24-14-17-39(29-12-4-3-9-25(29)33(24)43-31)34(42)28-11-6-13-32(36-28)38-16-7-15-37(18-19-38)23(2)40/h3-6,8-13,20H,7,14-19,21H2,1-2H3. The highest BCUT2D eigenvalue weighted by molar-refractivity contribution is 7.17. The Morgan fingerprint density at radius 1 is 0.930 bits per heavy atom. The molecule has 0 radical (unpaired) electrons. The number of Topliss-reactive ketones (excluding diaryl/α,β-unsaturated/α-hetero) is 1. The van der Waals surface area contributed by atoms with Crippen LogP contribution in [0.15, 0.2) is 66.7 Å². The zero-order chi connectivity index (χ0) is 30.1. The monoisotopic (exact) mass is 596 g/mol. The third-order valence-corrected chi connectivity index (χ3v) is 9.53. The molecule has 2 aromatic heterocycles. The number of aromatic nitrogens is 1. The smallest absolute Gasteiger partial charge is 0.276 e. The van der Waals surface area contributed by atoms with E-state index in [9.17, 15) is 18.8 Å². The maximum atomic E-state index is 14.4. The molecule has 2 aliphatic rings. The van der Waals surface area contributed by atoms with Crippen LogP contribution in [0.4, 0.5) is 15.9 Å². The maximum Gasteiger partial charge on any atom is 0.276 e. The third-order valence-electron chi connectivity index (χ3n) is 8.28. The molecular formula is C34H33FN4O3S. The van der Waals surface area contributed by atoms with E-state index in [-0.39, 0.29) is 29.8 Å². The second-order valence-corrected chi connectivity index (χ2v) is 12.1. The number of halogens is 1. The number of anilines is 2. The molecule has 7 nitrogen and oxygen atoms in total. The Kier molecular flexibility index (Phi) is 8.08. The van der Waals surface area contributed by atoms with Gasteiger partial charge in [-0.3, -0.25) is 14.4 Å². The highest BCUT2D eigenvalue weighted by atomic mass is 32.1. The number of carbonyl (C=O) groups excluding carboxylic acids is 3. The number of pyridine rings is 1. The Labute approximate surface area is 254 Å². The summed E-state index contributed by atoms with van der Waals surface area (Å²) >= 11 is 1.41. The van der Waals surface area contributed by atoms with Crippen LogP contribution in [-0.2, 0) is 17.6 Å². The van der Waals surface area contributed by atoms with Crippen LogP contribution in [0.3, 0.4) is 0 Å². The lowest BCUT2D eigenvalue weighted by molar-refractivity contribution is -0.128. The van der Waals surface area contributed by atoms with E-state index in [0.29, 0.717) is 42.2 Å². The molecule has 9 heteroatoms. The van der Waals surface area contributed by atoms with Crippen LogP contribution in [-0.4, -0.2) is 60.2 Å². The molecule has 0 atom stereocenters. The molecule has 0 unspecified atom stereocenters. The van der Waals surface area contributed by atoms with Crippen LogP contribution in [0.5, 0.6) is 0 Å². The Bertz CT molecular complexity index is 1700. The Hall–Kier alpha value is -4.37. The lowest BCUT2D eigenvalue weighted by Gasteiger charge is -2.25. The van der Waals surface area contributed by atoms with Gasteiger partial charge >= 0.3 is 0 Å². The minimum atomic E-state index is -0.363. The first-order valence-electron chi connectivity index (χ1n) is 14.6. The number of hydrogen-bond acceptors (Lipinski definition) is 6. The van der Waals surface area contributed by atoms with Crippen molar-refractivity contribution in [3.8, 4) is 10.4 Å². The largest absolute Gasteiger partial charge is 0.355 e. The number of aryl methyl sites for hydroxylation is 1. The molecule has 2 aliphatic heterocycles. The molecule has 1 saturated heterocycles. The summed E-state index contributed by atoms with van der Waals surface area (Å²) in [5.41, 5.74) is 4.22. The van der Waals surface area contributed by atoms with Crippen LogP contribution in [0.25, 0.3) is 10.4 Å². The maximum absolute atomic E-state index is 14.4. The van der Waals surface area contributed by atoms with E-state index < -0.39 is 0 Å². The molecule has 43 heavy (non-hydrogen) atoms. The van der Waals surface area contributed by atoms with Crippen LogP contribution in [0, 0.1) is 12.7 Å². The summed E-state index contributed by atoms with van der Waals surface area (Å²) in [4.78, 5) is 51.2. The quantitative estimate of drug-likeness (QED) is 0.267. The lowest BCUT2D eigenvalue weighted by atomic mass is 10.0. The zero-order valence-electron chi connectivity index (χ0n) is 24.3. The minimum absolute atomic E-state index is 0.00989. The fourth-order valence-corrected chi connectivity index (χ4v) is 7.08. The van der Waals surface area contributed by atoms with E-state index in [1.165, 1.54) is 17.4 Å². The molecular weight excluding hydrogens is 563 g/mol. The highest BCUT2D eigenvalue weighted by Crippen LogP contribution is 2.42. The van der Waals surface area contributed by atoms with Crippen molar-refractivity contribution in [2.45, 2.75) is 33.1 Å². The van der Waals surface area contributed by atoms with Crippen molar-refractivity contribution in [2.75, 3.05) is 42.5 Å². The Balaban J connectivity index is 1.26. The van der Waals surface area contributed by atoms with Crippen molar-refractivity contribution in [2.24, 2.45) is 0 Å². The molecule has 0 saturated carbocycles. The average molecular weight is 597 g/mol. The minimum Gasteiger partial charge on any atom is -0.355 e. The number of hydrogen-bond donors (Lipinski definition) is 0. The number of para-hydroxylation sites is 1. The van der Waals surface area contributed by atoms with Crippen molar-refractivity contribution in [1.82, 2.24) is 9.88 Å². The molecule has 2 aromatic carbocycles. The summed E-state index contributed by atoms with van der Waals surface area (Å²) in [5, 5.41) is 0. The molecule has 2 amide bonds. The number of rotatable bonds is 5. The van der Waals surface area contributed by atoms with Gasteiger partial charge in [-0.25, -0.2) is 9.37 Å². The second kappa shape index (κ2) is 12.1. The first-order chi connectivity index (χ1) is 20.8. The van der Waals surface area contributed by atoms with Crippen molar-refractivity contribution >= 4 is 40.4 Å². The molecule has 0 spiro atoms. The summed E-state index contributed by atoms with van der Waals surface area (Å²) in [6, 6.07) is 20.0. The summed E-state index contributed by atoms with van der Waals surface area (Å²) in [5.74, 6) is 0.140. The average Bonchev–Trinajstić information content (AvgIpc) is 3.18. The number of fused-ring (bicyclic) bond motifs is 3. The van der Waals surface area contributed by atoms with Gasteiger partial charge in [0.1, 0.15) is 17.3 Å². The fraction of sp³-hybridized carbons (Fsp3) is 0.294. The van der Waals surface area contributed by atoms with Gasteiger partial charge in [-0.2, -0.15) is 0 Å². The predicted molar refractivity (Wildman–Crippen MR) is 168 cm³/mol. The normalized spacial score (nSPS) is 14.9. The number of nitrogens with zero attached hydrogens (tertiary/aromatic N) is 4. The number of amides is 2. The molecule has 1 fully saturated rings. The Morgan fingerprint density at radius 2 is 1.74 bits per heavy atom. The van der Waals surface area contributed by atoms with Crippen molar-refractivity contribution in [1.29, 1.82) is 0 Å². The van der Waals surface area contributed by atoms with E-state index in [0.717, 1.165) is 52.6 Å². The van der Waals surface area contributed by atoms with E-state index >= 15 is 0 Å². The van der Waals surface area contributed by atoms with Gasteiger partial charge in [0.15, 0.2) is 5.78 Å². The second-order valence-electron chi connectivity index (χ2n) is 11.1. The van der Waals surface area contributed by atoms with Gasteiger partial charge in [0.2, 0.25) is 5.91 Å². The predicted octanol–water partition coefficient (Wildman–Crippen LogP) is 5.94. The number of benzene rings is 2. The van der Waals surface area contributed by atoms with Gasteiger partial charge in [0, 0.05) is 56.5 Å². The van der Waals surface area contributed by atoms with Gasteiger partial charge in [0.05, 0.1) is 10.6 Å². The summed E-state index contributed by atoms with van der Waals surface area (Å²) in [7, 11) is 0. The van der Waals surface area contributed by atoms with Crippen LogP contribution in [0.1, 0.15) is 50.2 Å². The van der Waals surface area contributed by atoms with E-state index in [1.54, 1.807) is 24.0 Å². The fourth-order valence-electron chi connectivity index (χ4n) is 5.90. The number of thiophene rings is 1. The van der Waals surface area contributed by atoms with Gasteiger partial charge in [-0.05, 0) is 66.8 Å². The SMILES string of the molecule is CC(=O)N1CCCN(c2cccc(C(=O)N3CCc4cc(C(=O)Cc5c(C)cccc5F)sc4-c4ccccc43)n2)CC1. The van der Waals surface area contributed by atoms with Crippen molar-refractivity contribution in [3.63, 3.8) is 0 Å². The van der Waals surface area contributed by atoms with E-state index in [1.807, 2.05) is 60.4 Å². The molecule has 4 heterocycles. The molecule has 0 N–H and O–H groups in total. The summed E-state index contributed by atoms with van der Waals surface area (Å²) < 4.78 is 14.4. The first-order valence-corrected chi connectivity index (χ1v) is 15.4. The van der Waals surface area contributed by atoms with Crippen LogP contribution in [0.2, 0.25) is 0 Å². The van der Waals surface area contributed by atoms with E-state index in [2.05, 4.69) is 4.90 Å². The molecule has 220 valence electrons. The topological polar surface area (TPSA) is 73.8 Å². The number of ketones is 1. The number of carbonyl (C=O) groups is 3. The van der Waals surface area contributed by atoms with Gasteiger partial charge in [-0.1, -0.05) is 36.4 Å². The van der Waals surface area contributed by atoms with Gasteiger partial charge < -0.3 is 14.7 Å². The van der Waals surface area contributed by atoms with E-state index in [4.69, 9.17) is 4.98 Å². The van der Waals surface area contributed by atoms with Crippen molar-refractivity contribution < 1.29 is 18.8 Å². The molecule has 6 rings (SSSR count). The molecule has 0 aliphatic carbocycles. The zero-order valence-corrected chi connectivity index (χ0v) is 25.1. The van der Waals surface area contributed by atoms with Crippen LogP contribution < -0.4 is 9.80 Å². The highest BCUT2D eigenvalue weighted by Gasteiger charge is 2.29. The van der Waals surface area contributed by atoms with Crippen LogP contribution >= 0.6 is 11.3 Å². The first kappa shape index (κ1) is 28.7. The van der Waals surface area contributed by atoms with Crippen molar-refractivity contribution in [3.05, 3.63) is 99.8 Å². The summed E-state index contributed by atoms with van der Waals surface area (Å²) in [6.45, 7) is 6.61. The lowest BCUT2D eigenvalue weighted by Crippen LogP contribution is -2.35. The molecule has 4 aromatic rings.